The van der Waals surface area contributed by atoms with Crippen molar-refractivity contribution in [3.05, 3.63) is 70.2 Å². The first-order chi connectivity index (χ1) is 11.7. The van der Waals surface area contributed by atoms with Crippen molar-refractivity contribution in [2.45, 2.75) is 13.5 Å². The van der Waals surface area contributed by atoms with Crippen molar-refractivity contribution in [3.8, 4) is 10.4 Å². The van der Waals surface area contributed by atoms with E-state index in [0.717, 1.165) is 22.3 Å². The molecule has 4 rings (SSSR count). The zero-order chi connectivity index (χ0) is 16.5. The molecule has 0 aliphatic rings. The lowest BCUT2D eigenvalue weighted by Gasteiger charge is -2.04. The van der Waals surface area contributed by atoms with Crippen LogP contribution in [-0.2, 0) is 6.54 Å². The predicted octanol–water partition coefficient (Wildman–Crippen LogP) is 6.60. The lowest BCUT2D eigenvalue weighted by Crippen LogP contribution is -1.96. The second-order valence-corrected chi connectivity index (χ2v) is 8.00. The number of nitrogens with one attached hydrogen (secondary N) is 1. The van der Waals surface area contributed by atoms with E-state index in [0.29, 0.717) is 5.15 Å². The summed E-state index contributed by atoms with van der Waals surface area (Å²) in [6, 6.07) is 19.2. The third-order valence-electron chi connectivity index (χ3n) is 3.89. The summed E-state index contributed by atoms with van der Waals surface area (Å²) in [5.74, 6) is 0. The van der Waals surface area contributed by atoms with Crippen molar-refractivity contribution in [2.75, 3.05) is 5.32 Å². The zero-order valence-corrected chi connectivity index (χ0v) is 15.4. The fraction of sp³-hybridized carbons (Fsp3) is 0.105. The van der Waals surface area contributed by atoms with E-state index < -0.39 is 0 Å². The Morgan fingerprint density at radius 1 is 1.04 bits per heavy atom. The topological polar surface area (TPSA) is 24.9 Å². The molecule has 0 radical (unpaired) electrons. The van der Waals surface area contributed by atoms with Crippen LogP contribution in [0.15, 0.2) is 54.6 Å². The van der Waals surface area contributed by atoms with Gasteiger partial charge in [0.15, 0.2) is 5.15 Å². The van der Waals surface area contributed by atoms with Gasteiger partial charge in [0.2, 0.25) is 0 Å². The zero-order valence-electron chi connectivity index (χ0n) is 13.0. The van der Waals surface area contributed by atoms with E-state index in [9.17, 15) is 0 Å². The Morgan fingerprint density at radius 3 is 2.71 bits per heavy atom. The van der Waals surface area contributed by atoms with Gasteiger partial charge in [-0.25, -0.2) is 0 Å². The molecule has 0 atom stereocenters. The first-order valence-electron chi connectivity index (χ1n) is 7.63. The van der Waals surface area contributed by atoms with Gasteiger partial charge in [0.05, 0.1) is 4.70 Å². The SMILES string of the molecule is Cc1ccc(-c2ccc(CNc3ccc4c(Cl)nsc4c3)s2)cc1. The Balaban J connectivity index is 1.48. The largest absolute Gasteiger partial charge is 0.380 e. The smallest absolute Gasteiger partial charge is 0.150 e. The van der Waals surface area contributed by atoms with E-state index in [1.54, 1.807) is 0 Å². The molecule has 0 saturated carbocycles. The van der Waals surface area contributed by atoms with Crippen LogP contribution in [0.2, 0.25) is 5.15 Å². The van der Waals surface area contributed by atoms with Crippen LogP contribution in [0.25, 0.3) is 20.5 Å². The van der Waals surface area contributed by atoms with Gasteiger partial charge in [-0.3, -0.25) is 0 Å². The van der Waals surface area contributed by atoms with Crippen LogP contribution in [0.3, 0.4) is 0 Å². The van der Waals surface area contributed by atoms with Gasteiger partial charge in [-0.1, -0.05) is 41.4 Å². The second-order valence-electron chi connectivity index (χ2n) is 5.67. The number of nitrogens with zero attached hydrogens (tertiary/aromatic N) is 1. The van der Waals surface area contributed by atoms with Crippen molar-refractivity contribution in [1.29, 1.82) is 0 Å². The Labute approximate surface area is 153 Å². The second kappa shape index (κ2) is 6.55. The van der Waals surface area contributed by atoms with Crippen LogP contribution in [0, 0.1) is 6.92 Å². The average molecular weight is 371 g/mol. The van der Waals surface area contributed by atoms with Crippen LogP contribution in [0.1, 0.15) is 10.4 Å². The van der Waals surface area contributed by atoms with Gasteiger partial charge in [0.25, 0.3) is 0 Å². The minimum atomic E-state index is 0.586. The predicted molar refractivity (Wildman–Crippen MR) is 106 cm³/mol. The molecular weight excluding hydrogens is 356 g/mol. The summed E-state index contributed by atoms with van der Waals surface area (Å²) in [7, 11) is 0. The highest BCUT2D eigenvalue weighted by Crippen LogP contribution is 2.31. The maximum atomic E-state index is 6.05. The Morgan fingerprint density at radius 2 is 1.88 bits per heavy atom. The molecule has 2 aromatic carbocycles. The fourth-order valence-corrected chi connectivity index (χ4v) is 4.55. The van der Waals surface area contributed by atoms with E-state index in [1.165, 1.54) is 32.4 Å². The maximum Gasteiger partial charge on any atom is 0.150 e. The third-order valence-corrected chi connectivity index (χ3v) is 6.22. The number of anilines is 1. The highest BCUT2D eigenvalue weighted by molar-refractivity contribution is 7.15. The van der Waals surface area contributed by atoms with E-state index in [1.807, 2.05) is 17.4 Å². The molecule has 0 unspecified atom stereocenters. The molecule has 0 saturated heterocycles. The molecule has 1 N–H and O–H groups in total. The van der Waals surface area contributed by atoms with Crippen molar-refractivity contribution in [2.24, 2.45) is 0 Å². The van der Waals surface area contributed by atoms with Crippen molar-refractivity contribution < 1.29 is 0 Å². The Kier molecular flexibility index (Phi) is 4.27. The van der Waals surface area contributed by atoms with Gasteiger partial charge >= 0.3 is 0 Å². The fourth-order valence-electron chi connectivity index (χ4n) is 2.55. The van der Waals surface area contributed by atoms with Gasteiger partial charge in [-0.2, -0.15) is 4.37 Å². The summed E-state index contributed by atoms with van der Waals surface area (Å²) < 4.78 is 5.29. The highest BCUT2D eigenvalue weighted by Gasteiger charge is 2.06. The van der Waals surface area contributed by atoms with Gasteiger partial charge < -0.3 is 5.32 Å². The van der Waals surface area contributed by atoms with E-state index in [-0.39, 0.29) is 0 Å². The first-order valence-corrected chi connectivity index (χ1v) is 9.60. The molecule has 0 aliphatic heterocycles. The Hall–Kier alpha value is -1.88. The van der Waals surface area contributed by atoms with Gasteiger partial charge in [0.1, 0.15) is 0 Å². The van der Waals surface area contributed by atoms with Crippen LogP contribution >= 0.6 is 34.5 Å². The number of thiophene rings is 1. The quantitative estimate of drug-likeness (QED) is 0.437. The molecule has 2 aromatic heterocycles. The number of hydrogen-bond donors (Lipinski definition) is 1. The molecule has 0 amide bonds. The number of fused-ring (bicyclic) bond motifs is 1. The van der Waals surface area contributed by atoms with Crippen LogP contribution in [0.5, 0.6) is 0 Å². The molecule has 2 nitrogen and oxygen atoms in total. The standard InChI is InChI=1S/C19H15ClN2S2/c1-12-2-4-13(5-3-12)17-9-7-15(23-17)11-21-14-6-8-16-18(10-14)24-22-19(16)20/h2-10,21H,11H2,1H3. The van der Waals surface area contributed by atoms with Gasteiger partial charge in [-0.15, -0.1) is 11.3 Å². The molecule has 0 aliphatic carbocycles. The van der Waals surface area contributed by atoms with Crippen LogP contribution < -0.4 is 5.32 Å². The minimum Gasteiger partial charge on any atom is -0.380 e. The number of benzene rings is 2. The van der Waals surface area contributed by atoms with Gasteiger partial charge in [-0.05, 0) is 54.4 Å². The van der Waals surface area contributed by atoms with Crippen LogP contribution in [0.4, 0.5) is 5.69 Å². The molecule has 24 heavy (non-hydrogen) atoms. The summed E-state index contributed by atoms with van der Waals surface area (Å²) in [6.45, 7) is 2.93. The van der Waals surface area contributed by atoms with E-state index in [4.69, 9.17) is 11.6 Å². The number of rotatable bonds is 4. The maximum absolute atomic E-state index is 6.05. The molecule has 0 fully saturated rings. The summed E-state index contributed by atoms with van der Waals surface area (Å²) in [6.07, 6.45) is 0. The number of hydrogen-bond acceptors (Lipinski definition) is 4. The summed E-state index contributed by atoms with van der Waals surface area (Å²) in [4.78, 5) is 2.62. The van der Waals surface area contributed by atoms with Crippen molar-refractivity contribution >= 4 is 50.2 Å². The molecule has 2 heterocycles. The monoisotopic (exact) mass is 370 g/mol. The number of aromatic nitrogens is 1. The molecule has 5 heteroatoms. The third kappa shape index (κ3) is 3.18. The number of halogens is 1. The van der Waals surface area contributed by atoms with Crippen LogP contribution in [-0.4, -0.2) is 4.37 Å². The van der Waals surface area contributed by atoms with Crippen molar-refractivity contribution in [3.63, 3.8) is 0 Å². The molecule has 4 aromatic rings. The lowest BCUT2D eigenvalue weighted by molar-refractivity contribution is 1.20. The molecular formula is C19H15ClN2S2. The van der Waals surface area contributed by atoms with E-state index >= 15 is 0 Å². The molecule has 0 bridgehead atoms. The Bertz CT molecular complexity index is 986. The summed E-state index contributed by atoms with van der Waals surface area (Å²) >= 11 is 9.31. The van der Waals surface area contributed by atoms with Crippen molar-refractivity contribution in [1.82, 2.24) is 4.37 Å². The summed E-state index contributed by atoms with van der Waals surface area (Å²) in [5, 5.41) is 5.09. The number of aryl methyl sites for hydroxylation is 1. The highest BCUT2D eigenvalue weighted by atomic mass is 35.5. The van der Waals surface area contributed by atoms with Gasteiger partial charge in [0, 0.05) is 27.4 Å². The molecule has 0 spiro atoms. The normalized spacial score (nSPS) is 11.1. The first kappa shape index (κ1) is 15.6. The lowest BCUT2D eigenvalue weighted by atomic mass is 10.1. The summed E-state index contributed by atoms with van der Waals surface area (Å²) in [5.41, 5.74) is 3.65. The van der Waals surface area contributed by atoms with E-state index in [2.05, 4.69) is 65.1 Å². The molecule has 120 valence electrons. The average Bonchev–Trinajstić information content (AvgIpc) is 3.21. The minimum absolute atomic E-state index is 0.586.